The first-order valence-corrected chi connectivity index (χ1v) is 8.30. The second-order valence-corrected chi connectivity index (χ2v) is 7.35. The fourth-order valence-electron chi connectivity index (χ4n) is 4.76. The monoisotopic (exact) mass is 334 g/mol. The molecular weight excluding hydrogens is 316 g/mol. The Bertz CT molecular complexity index is 881. The number of nitrogens with one attached hydrogen (secondary N) is 1. The van der Waals surface area contributed by atoms with Crippen LogP contribution in [0.25, 0.3) is 0 Å². The summed E-state index contributed by atoms with van der Waals surface area (Å²) in [5, 5.41) is 29.0. The normalized spacial score (nSPS) is 41.0. The van der Waals surface area contributed by atoms with Gasteiger partial charge >= 0.3 is 0 Å². The Hall–Kier alpha value is -2.70. The van der Waals surface area contributed by atoms with Crippen LogP contribution in [0.2, 0.25) is 0 Å². The molecule has 6 nitrogen and oxygen atoms in total. The van der Waals surface area contributed by atoms with Crippen molar-refractivity contribution in [3.63, 3.8) is 0 Å². The van der Waals surface area contributed by atoms with Crippen molar-refractivity contribution in [1.29, 1.82) is 15.9 Å². The number of nitrogens with zero attached hydrogens (tertiary/aromatic N) is 3. The van der Waals surface area contributed by atoms with E-state index >= 15 is 0 Å². The van der Waals surface area contributed by atoms with Gasteiger partial charge < -0.3 is 9.47 Å². The second-order valence-electron chi connectivity index (χ2n) is 7.35. The molecule has 1 aromatic rings. The number of aliphatic imine (C=N–C) groups is 1. The van der Waals surface area contributed by atoms with Crippen LogP contribution in [-0.2, 0) is 9.47 Å². The lowest BCUT2D eigenvalue weighted by atomic mass is 9.49. The van der Waals surface area contributed by atoms with E-state index in [1.165, 1.54) is 0 Å². The number of fused-ring (bicyclic) bond motifs is 1. The lowest BCUT2D eigenvalue weighted by Gasteiger charge is -2.61. The van der Waals surface area contributed by atoms with Crippen molar-refractivity contribution < 1.29 is 9.47 Å². The molecular formula is C19H18N4O2. The van der Waals surface area contributed by atoms with E-state index in [1.807, 2.05) is 44.2 Å². The molecule has 0 amide bonds. The van der Waals surface area contributed by atoms with E-state index in [-0.39, 0.29) is 17.7 Å². The number of hydrogen-bond donors (Lipinski definition) is 1. The van der Waals surface area contributed by atoms with Crippen molar-refractivity contribution in [2.75, 3.05) is 0 Å². The third-order valence-corrected chi connectivity index (χ3v) is 5.68. The van der Waals surface area contributed by atoms with E-state index in [0.29, 0.717) is 0 Å². The minimum atomic E-state index is -1.43. The molecule has 0 aliphatic carbocycles. The molecule has 4 aliphatic rings. The van der Waals surface area contributed by atoms with Gasteiger partial charge in [0.05, 0.1) is 24.2 Å². The summed E-state index contributed by atoms with van der Waals surface area (Å²) in [5.74, 6) is -1.78. The Morgan fingerprint density at radius 2 is 1.80 bits per heavy atom. The van der Waals surface area contributed by atoms with Crippen LogP contribution in [0.5, 0.6) is 0 Å². The quantitative estimate of drug-likeness (QED) is 0.898. The molecule has 0 aromatic heterocycles. The van der Waals surface area contributed by atoms with Crippen molar-refractivity contribution >= 4 is 11.7 Å². The highest BCUT2D eigenvalue weighted by Gasteiger charge is 2.83. The molecule has 4 aliphatic heterocycles. The van der Waals surface area contributed by atoms with Crippen LogP contribution in [-0.4, -0.2) is 23.6 Å². The summed E-state index contributed by atoms with van der Waals surface area (Å²) in [6.45, 7) is 5.67. The average molecular weight is 334 g/mol. The topological polar surface area (TPSA) is 102 Å². The minimum absolute atomic E-state index is 0.0385. The highest BCUT2D eigenvalue weighted by Crippen LogP contribution is 2.69. The Kier molecular flexibility index (Phi) is 2.96. The number of amidine groups is 1. The SMILES string of the molecule is CC(C)[C@H]1O[C@@]2(C)OC3=NC(=N)[C@@](C#N)([C@H]2c2ccccc2)[C@]31C#N. The molecule has 4 bridgehead atoms. The summed E-state index contributed by atoms with van der Waals surface area (Å²) >= 11 is 0. The largest absolute Gasteiger partial charge is 0.447 e. The Morgan fingerprint density at radius 3 is 2.36 bits per heavy atom. The molecule has 5 atom stereocenters. The van der Waals surface area contributed by atoms with Crippen LogP contribution in [0.4, 0.5) is 0 Å². The van der Waals surface area contributed by atoms with Gasteiger partial charge in [-0.25, -0.2) is 0 Å². The van der Waals surface area contributed by atoms with Crippen molar-refractivity contribution in [2.24, 2.45) is 21.7 Å². The molecule has 6 heteroatoms. The van der Waals surface area contributed by atoms with Gasteiger partial charge in [0.25, 0.3) is 0 Å². The lowest BCUT2D eigenvalue weighted by molar-refractivity contribution is -0.321. The van der Waals surface area contributed by atoms with Crippen molar-refractivity contribution in [3.05, 3.63) is 35.9 Å². The lowest BCUT2D eigenvalue weighted by Crippen LogP contribution is -2.73. The number of rotatable bonds is 2. The summed E-state index contributed by atoms with van der Waals surface area (Å²) < 4.78 is 12.3. The number of ether oxygens (including phenoxy) is 2. The highest BCUT2D eigenvalue weighted by atomic mass is 16.7. The summed E-state index contributed by atoms with van der Waals surface area (Å²) in [5.41, 5.74) is -2.04. The first-order chi connectivity index (χ1) is 11.9. The van der Waals surface area contributed by atoms with E-state index in [2.05, 4.69) is 17.1 Å². The predicted molar refractivity (Wildman–Crippen MR) is 89.6 cm³/mol. The second kappa shape index (κ2) is 4.68. The van der Waals surface area contributed by atoms with E-state index in [0.717, 1.165) is 5.56 Å². The molecule has 0 spiro atoms. The molecule has 4 heterocycles. The molecule has 5 rings (SSSR count). The maximum absolute atomic E-state index is 10.3. The molecule has 1 N–H and O–H groups in total. The Balaban J connectivity index is 2.07. The van der Waals surface area contributed by atoms with Crippen LogP contribution in [0.15, 0.2) is 35.3 Å². The Morgan fingerprint density at radius 1 is 1.16 bits per heavy atom. The third-order valence-electron chi connectivity index (χ3n) is 5.68. The fraction of sp³-hybridized carbons (Fsp3) is 0.474. The summed E-state index contributed by atoms with van der Waals surface area (Å²) in [6.07, 6.45) is -0.572. The first kappa shape index (κ1) is 15.8. The number of hydrogen-bond acceptors (Lipinski definition) is 5. The highest BCUT2D eigenvalue weighted by molar-refractivity contribution is 6.13. The van der Waals surface area contributed by atoms with Gasteiger partial charge in [0.15, 0.2) is 10.8 Å². The molecule has 126 valence electrons. The maximum Gasteiger partial charge on any atom is 0.218 e. The van der Waals surface area contributed by atoms with Crippen molar-refractivity contribution in [2.45, 2.75) is 38.6 Å². The van der Waals surface area contributed by atoms with Gasteiger partial charge in [-0.2, -0.15) is 15.5 Å². The molecule has 3 fully saturated rings. The van der Waals surface area contributed by atoms with Crippen molar-refractivity contribution in [3.8, 4) is 12.1 Å². The van der Waals surface area contributed by atoms with E-state index < -0.39 is 28.6 Å². The minimum Gasteiger partial charge on any atom is -0.447 e. The number of benzene rings is 1. The van der Waals surface area contributed by atoms with Crippen LogP contribution < -0.4 is 0 Å². The standard InChI is InChI=1S/C19H18N4O2/c1-11(2)14-19(10-21)16-23-15(22)18(19,9-20)13(17(3,24-14)25-16)12-7-5-4-6-8-12/h4-8,11,13-14,22H,1-3H3/t13-,14+,17-,18+,19-/m0/s1. The Labute approximate surface area is 146 Å². The maximum atomic E-state index is 10.3. The summed E-state index contributed by atoms with van der Waals surface area (Å²) in [4.78, 5) is 4.23. The summed E-state index contributed by atoms with van der Waals surface area (Å²) in [6, 6.07) is 14.0. The molecule has 3 saturated heterocycles. The van der Waals surface area contributed by atoms with Crippen molar-refractivity contribution in [1.82, 2.24) is 0 Å². The first-order valence-electron chi connectivity index (χ1n) is 8.30. The predicted octanol–water partition coefficient (Wildman–Crippen LogP) is 2.98. The van der Waals surface area contributed by atoms with Crippen LogP contribution >= 0.6 is 0 Å². The van der Waals surface area contributed by atoms with Gasteiger partial charge in [-0.3, -0.25) is 5.41 Å². The zero-order valence-electron chi connectivity index (χ0n) is 14.3. The van der Waals surface area contributed by atoms with E-state index in [4.69, 9.17) is 14.9 Å². The average Bonchev–Trinajstić information content (AvgIpc) is 2.79. The zero-order valence-corrected chi connectivity index (χ0v) is 14.3. The molecule has 1 aromatic carbocycles. The van der Waals surface area contributed by atoms with Gasteiger partial charge in [-0.05, 0) is 11.5 Å². The third kappa shape index (κ3) is 1.52. The molecule has 0 radical (unpaired) electrons. The van der Waals surface area contributed by atoms with Gasteiger partial charge in [0.1, 0.15) is 5.84 Å². The molecule has 0 unspecified atom stereocenters. The van der Waals surface area contributed by atoms with Gasteiger partial charge in [-0.1, -0.05) is 44.2 Å². The van der Waals surface area contributed by atoms with Crippen LogP contribution in [0.3, 0.4) is 0 Å². The van der Waals surface area contributed by atoms with Crippen LogP contribution in [0, 0.1) is 44.8 Å². The molecule has 25 heavy (non-hydrogen) atoms. The smallest absolute Gasteiger partial charge is 0.218 e. The van der Waals surface area contributed by atoms with E-state index in [1.54, 1.807) is 6.92 Å². The molecule has 0 saturated carbocycles. The summed E-state index contributed by atoms with van der Waals surface area (Å²) in [7, 11) is 0. The van der Waals surface area contributed by atoms with E-state index in [9.17, 15) is 10.5 Å². The number of nitriles is 2. The van der Waals surface area contributed by atoms with Crippen LogP contribution in [0.1, 0.15) is 32.3 Å². The van der Waals surface area contributed by atoms with Gasteiger partial charge in [0.2, 0.25) is 11.7 Å². The fourth-order valence-corrected chi connectivity index (χ4v) is 4.76. The van der Waals surface area contributed by atoms with Gasteiger partial charge in [-0.15, -0.1) is 0 Å². The zero-order chi connectivity index (χ0) is 18.0. The van der Waals surface area contributed by atoms with Gasteiger partial charge in [0, 0.05) is 6.92 Å².